The molecule has 1 N–H and O–H groups in total. The average molecular weight is 581 g/mol. The number of benzene rings is 2. The Hall–Kier alpha value is -4.11. The topological polar surface area (TPSA) is 85.2 Å². The molecule has 2 aromatic carbocycles. The van der Waals surface area contributed by atoms with Crippen LogP contribution in [0.15, 0.2) is 77.9 Å². The van der Waals surface area contributed by atoms with E-state index in [1.54, 1.807) is 17.0 Å². The second-order valence-corrected chi connectivity index (χ2v) is 10.8. The van der Waals surface area contributed by atoms with Gasteiger partial charge in [0.25, 0.3) is 5.56 Å². The molecule has 0 saturated carbocycles. The molecule has 3 aromatic heterocycles. The third-order valence-corrected chi connectivity index (χ3v) is 8.06. The van der Waals surface area contributed by atoms with Crippen LogP contribution >= 0.6 is 11.6 Å². The van der Waals surface area contributed by atoms with E-state index >= 15 is 0 Å². The van der Waals surface area contributed by atoms with Crippen molar-refractivity contribution in [2.45, 2.75) is 26.8 Å². The Morgan fingerprint density at radius 1 is 0.976 bits per heavy atom. The highest BCUT2D eigenvalue weighted by Gasteiger charge is 2.16. The molecular formula is C33H33ClN6O2. The van der Waals surface area contributed by atoms with Crippen LogP contribution in [0.1, 0.15) is 18.2 Å². The summed E-state index contributed by atoms with van der Waals surface area (Å²) in [5.41, 5.74) is 6.66. The minimum absolute atomic E-state index is 0.147. The largest absolute Gasteiger partial charge is 0.379 e. The maximum atomic E-state index is 13.7. The number of pyridine rings is 2. The SMILES string of the molecule is CCn1c(=O)c(-c2ccc(-c3cccnc3C)cc2Cl)cc2cnc(Nc3ccc(CCN4CCOCC4)cc3)nc21. The van der Waals surface area contributed by atoms with Crippen LogP contribution < -0.4 is 10.9 Å². The summed E-state index contributed by atoms with van der Waals surface area (Å²) in [4.78, 5) is 29.7. The maximum absolute atomic E-state index is 13.7. The van der Waals surface area contributed by atoms with E-state index in [4.69, 9.17) is 21.3 Å². The Kier molecular flexibility index (Phi) is 8.28. The van der Waals surface area contributed by atoms with Gasteiger partial charge in [-0.3, -0.25) is 19.2 Å². The molecule has 5 aromatic rings. The third-order valence-electron chi connectivity index (χ3n) is 7.75. The van der Waals surface area contributed by atoms with Crippen molar-refractivity contribution in [1.29, 1.82) is 0 Å². The molecule has 9 heteroatoms. The number of aryl methyl sites for hydroxylation is 2. The van der Waals surface area contributed by atoms with Crippen molar-refractivity contribution in [2.24, 2.45) is 0 Å². The highest BCUT2D eigenvalue weighted by molar-refractivity contribution is 6.33. The number of aromatic nitrogens is 4. The molecule has 214 valence electrons. The number of fused-ring (bicyclic) bond motifs is 1. The number of halogens is 1. The molecule has 1 aliphatic rings. The van der Waals surface area contributed by atoms with E-state index in [0.29, 0.717) is 34.3 Å². The van der Waals surface area contributed by atoms with Gasteiger partial charge in [-0.1, -0.05) is 41.9 Å². The Bertz CT molecular complexity index is 1780. The number of hydrogen-bond donors (Lipinski definition) is 1. The van der Waals surface area contributed by atoms with Gasteiger partial charge in [0.05, 0.1) is 13.2 Å². The van der Waals surface area contributed by atoms with Crippen LogP contribution in [0.25, 0.3) is 33.3 Å². The molecule has 0 radical (unpaired) electrons. The zero-order valence-corrected chi connectivity index (χ0v) is 24.6. The number of rotatable bonds is 8. The fraction of sp³-hybridized carbons (Fsp3) is 0.273. The van der Waals surface area contributed by atoms with Crippen LogP contribution in [0.3, 0.4) is 0 Å². The molecule has 8 nitrogen and oxygen atoms in total. The molecule has 1 saturated heterocycles. The summed E-state index contributed by atoms with van der Waals surface area (Å²) in [7, 11) is 0. The lowest BCUT2D eigenvalue weighted by molar-refractivity contribution is 0.0384. The van der Waals surface area contributed by atoms with Crippen molar-refractivity contribution < 1.29 is 4.74 Å². The fourth-order valence-electron chi connectivity index (χ4n) is 5.39. The average Bonchev–Trinajstić information content (AvgIpc) is 3.01. The first kappa shape index (κ1) is 28.0. The quantitative estimate of drug-likeness (QED) is 0.237. The summed E-state index contributed by atoms with van der Waals surface area (Å²) < 4.78 is 7.10. The molecule has 6 rings (SSSR count). The van der Waals surface area contributed by atoms with Crippen LogP contribution in [0.4, 0.5) is 11.6 Å². The molecule has 1 aliphatic heterocycles. The summed E-state index contributed by atoms with van der Waals surface area (Å²) in [6.07, 6.45) is 4.51. The lowest BCUT2D eigenvalue weighted by Crippen LogP contribution is -2.37. The Labute approximate surface area is 250 Å². The van der Waals surface area contributed by atoms with Gasteiger partial charge in [-0.2, -0.15) is 4.98 Å². The van der Waals surface area contributed by atoms with Gasteiger partial charge in [-0.25, -0.2) is 4.98 Å². The number of hydrogen-bond acceptors (Lipinski definition) is 7. The summed E-state index contributed by atoms with van der Waals surface area (Å²) in [6.45, 7) is 9.01. The molecule has 0 amide bonds. The van der Waals surface area contributed by atoms with Crippen LogP contribution in [-0.2, 0) is 17.7 Å². The summed E-state index contributed by atoms with van der Waals surface area (Å²) in [5, 5.41) is 4.56. The predicted octanol–water partition coefficient (Wildman–Crippen LogP) is 6.12. The lowest BCUT2D eigenvalue weighted by atomic mass is 9.99. The molecule has 1 fully saturated rings. The van der Waals surface area contributed by atoms with E-state index in [1.165, 1.54) is 5.56 Å². The zero-order valence-electron chi connectivity index (χ0n) is 23.8. The number of nitrogens with zero attached hydrogens (tertiary/aromatic N) is 5. The van der Waals surface area contributed by atoms with E-state index < -0.39 is 0 Å². The second-order valence-electron chi connectivity index (χ2n) is 10.4. The van der Waals surface area contributed by atoms with Gasteiger partial charge in [0.2, 0.25) is 5.95 Å². The molecule has 4 heterocycles. The monoisotopic (exact) mass is 580 g/mol. The van der Waals surface area contributed by atoms with Gasteiger partial charge in [0.15, 0.2) is 0 Å². The number of anilines is 2. The van der Waals surface area contributed by atoms with Crippen LogP contribution in [0.5, 0.6) is 0 Å². The Morgan fingerprint density at radius 3 is 2.52 bits per heavy atom. The van der Waals surface area contributed by atoms with Gasteiger partial charge in [0, 0.05) is 77.1 Å². The maximum Gasteiger partial charge on any atom is 0.260 e. The number of morpholine rings is 1. The lowest BCUT2D eigenvalue weighted by Gasteiger charge is -2.26. The Morgan fingerprint density at radius 2 is 1.79 bits per heavy atom. The zero-order chi connectivity index (χ0) is 29.1. The minimum Gasteiger partial charge on any atom is -0.379 e. The van der Waals surface area contributed by atoms with E-state index in [9.17, 15) is 4.79 Å². The number of ether oxygens (including phenoxy) is 1. The summed E-state index contributed by atoms with van der Waals surface area (Å²) in [5.74, 6) is 0.437. The van der Waals surface area contributed by atoms with Crippen molar-refractivity contribution in [3.8, 4) is 22.3 Å². The summed E-state index contributed by atoms with van der Waals surface area (Å²) in [6, 6.07) is 19.8. The highest BCUT2D eigenvalue weighted by atomic mass is 35.5. The smallest absolute Gasteiger partial charge is 0.260 e. The third kappa shape index (κ3) is 5.92. The van der Waals surface area contributed by atoms with Crippen molar-refractivity contribution >= 4 is 34.3 Å². The second kappa shape index (κ2) is 12.4. The molecular weight excluding hydrogens is 548 g/mol. The van der Waals surface area contributed by atoms with Gasteiger partial charge < -0.3 is 10.1 Å². The first-order chi connectivity index (χ1) is 20.5. The van der Waals surface area contributed by atoms with Crippen molar-refractivity contribution in [2.75, 3.05) is 38.2 Å². The number of nitrogens with one attached hydrogen (secondary N) is 1. The van der Waals surface area contributed by atoms with E-state index in [2.05, 4.69) is 32.3 Å². The first-order valence-corrected chi connectivity index (χ1v) is 14.7. The van der Waals surface area contributed by atoms with Crippen molar-refractivity contribution in [1.82, 2.24) is 24.4 Å². The van der Waals surface area contributed by atoms with Crippen molar-refractivity contribution in [3.05, 3.63) is 99.7 Å². The molecule has 0 bridgehead atoms. The molecule has 0 unspecified atom stereocenters. The van der Waals surface area contributed by atoms with Crippen LogP contribution in [-0.4, -0.2) is 57.3 Å². The highest BCUT2D eigenvalue weighted by Crippen LogP contribution is 2.33. The van der Waals surface area contributed by atoms with Crippen LogP contribution in [0.2, 0.25) is 5.02 Å². The van der Waals surface area contributed by atoms with E-state index in [1.807, 2.05) is 62.4 Å². The van der Waals surface area contributed by atoms with E-state index in [-0.39, 0.29) is 5.56 Å². The molecule has 42 heavy (non-hydrogen) atoms. The Balaban J connectivity index is 1.24. The molecule has 0 spiro atoms. The van der Waals surface area contributed by atoms with Crippen molar-refractivity contribution in [3.63, 3.8) is 0 Å². The minimum atomic E-state index is -0.147. The summed E-state index contributed by atoms with van der Waals surface area (Å²) >= 11 is 6.75. The molecule has 0 aliphatic carbocycles. The van der Waals surface area contributed by atoms with Gasteiger partial charge >= 0.3 is 0 Å². The van der Waals surface area contributed by atoms with Gasteiger partial charge in [0.1, 0.15) is 5.65 Å². The van der Waals surface area contributed by atoms with Crippen LogP contribution in [0, 0.1) is 6.92 Å². The fourth-order valence-corrected chi connectivity index (χ4v) is 5.67. The van der Waals surface area contributed by atoms with Gasteiger partial charge in [-0.15, -0.1) is 0 Å². The normalized spacial score (nSPS) is 13.9. The predicted molar refractivity (Wildman–Crippen MR) is 169 cm³/mol. The van der Waals surface area contributed by atoms with Gasteiger partial charge in [-0.05, 0) is 61.7 Å². The molecule has 0 atom stereocenters. The first-order valence-electron chi connectivity index (χ1n) is 14.3. The van der Waals surface area contributed by atoms with E-state index in [0.717, 1.165) is 67.2 Å². The standard InChI is InChI=1S/C33H33ClN6O2/c1-3-40-31-25(19-29(32(40)41)28-11-8-24(20-30(28)34)27-5-4-13-35-22(27)2)21-36-33(38-31)37-26-9-6-23(7-10-26)12-14-39-15-17-42-18-16-39/h4-11,13,19-21H,3,12,14-18H2,1-2H3,(H,36,37,38).